The number of pyridine rings is 1. The summed E-state index contributed by atoms with van der Waals surface area (Å²) in [6.45, 7) is 3.29. The van der Waals surface area contributed by atoms with Gasteiger partial charge in [0.05, 0.1) is 22.2 Å². The van der Waals surface area contributed by atoms with E-state index in [1.807, 2.05) is 24.3 Å². The van der Waals surface area contributed by atoms with Crippen LogP contribution in [0, 0.1) is 5.92 Å². The molecule has 3 aliphatic rings. The topological polar surface area (TPSA) is 76.8 Å². The first-order valence-electron chi connectivity index (χ1n) is 10.6. The average molecular weight is 454 g/mol. The van der Waals surface area contributed by atoms with Crippen molar-refractivity contribution >= 4 is 50.8 Å². The number of H-pyrrole nitrogens is 2. The molecule has 5 heterocycles. The molecule has 0 saturated carbocycles. The van der Waals surface area contributed by atoms with E-state index in [9.17, 15) is 4.79 Å². The minimum absolute atomic E-state index is 0.191. The van der Waals surface area contributed by atoms with Crippen molar-refractivity contribution in [3.8, 4) is 11.4 Å². The molecule has 31 heavy (non-hydrogen) atoms. The molecule has 0 unspecified atom stereocenters. The minimum Gasteiger partial charge on any atom is -0.379 e. The van der Waals surface area contributed by atoms with Crippen molar-refractivity contribution in [2.75, 3.05) is 25.0 Å². The van der Waals surface area contributed by atoms with E-state index in [2.05, 4.69) is 20.2 Å². The summed E-state index contributed by atoms with van der Waals surface area (Å²) in [6, 6.07) is 11.3. The van der Waals surface area contributed by atoms with Gasteiger partial charge in [0, 0.05) is 28.0 Å². The Morgan fingerprint density at radius 3 is 2.48 bits per heavy atom. The normalized spacial score (nSPS) is 23.0. The highest BCUT2D eigenvalue weighted by Crippen LogP contribution is 2.36. The van der Waals surface area contributed by atoms with Crippen molar-refractivity contribution in [1.82, 2.24) is 19.9 Å². The number of rotatable bonds is 3. The fourth-order valence-electron chi connectivity index (χ4n) is 5.05. The van der Waals surface area contributed by atoms with Crippen LogP contribution in [0.2, 0.25) is 10.0 Å². The first-order valence-corrected chi connectivity index (χ1v) is 11.3. The van der Waals surface area contributed by atoms with Gasteiger partial charge in [0.1, 0.15) is 11.4 Å². The second-order valence-corrected chi connectivity index (χ2v) is 9.40. The van der Waals surface area contributed by atoms with E-state index in [1.165, 1.54) is 12.8 Å². The monoisotopic (exact) mass is 453 g/mol. The lowest BCUT2D eigenvalue weighted by atomic mass is 9.83. The fraction of sp³-hybridized carbons (Fsp3) is 0.304. The Morgan fingerprint density at radius 2 is 1.74 bits per heavy atom. The Kier molecular flexibility index (Phi) is 4.49. The molecule has 1 atom stereocenters. The zero-order chi connectivity index (χ0) is 21.1. The summed E-state index contributed by atoms with van der Waals surface area (Å²) in [5, 5.41) is 5.86. The number of halogens is 2. The van der Waals surface area contributed by atoms with Gasteiger partial charge >= 0.3 is 0 Å². The Hall–Kier alpha value is -2.54. The third-order valence-electron chi connectivity index (χ3n) is 6.64. The molecular weight excluding hydrogens is 433 g/mol. The molecule has 2 aromatic heterocycles. The van der Waals surface area contributed by atoms with Gasteiger partial charge in [-0.3, -0.25) is 4.79 Å². The highest BCUT2D eigenvalue weighted by atomic mass is 35.5. The highest BCUT2D eigenvalue weighted by molar-refractivity contribution is 6.31. The van der Waals surface area contributed by atoms with Crippen molar-refractivity contribution < 1.29 is 0 Å². The molecule has 6 nitrogen and oxygen atoms in total. The van der Waals surface area contributed by atoms with Gasteiger partial charge in [-0.1, -0.05) is 23.2 Å². The van der Waals surface area contributed by atoms with E-state index >= 15 is 0 Å². The number of piperidine rings is 3. The molecule has 3 aliphatic heterocycles. The Morgan fingerprint density at radius 1 is 1.00 bits per heavy atom. The van der Waals surface area contributed by atoms with E-state index in [0.717, 1.165) is 47.3 Å². The molecule has 8 heteroatoms. The van der Waals surface area contributed by atoms with Crippen molar-refractivity contribution in [2.45, 2.75) is 18.9 Å². The van der Waals surface area contributed by atoms with Crippen molar-refractivity contribution in [3.63, 3.8) is 0 Å². The predicted molar refractivity (Wildman–Crippen MR) is 126 cm³/mol. The van der Waals surface area contributed by atoms with Crippen LogP contribution in [0.1, 0.15) is 12.8 Å². The van der Waals surface area contributed by atoms with Crippen LogP contribution in [0.15, 0.2) is 41.2 Å². The van der Waals surface area contributed by atoms with Crippen LogP contribution in [0.3, 0.4) is 0 Å². The SMILES string of the molecule is O=c1[nH]c2ccc(Cl)cc2c(N[C@@H]2CN3CCC2CC3)c1-c1nc2cc(Cl)ccc2[nH]1. The molecule has 0 amide bonds. The summed E-state index contributed by atoms with van der Waals surface area (Å²) in [4.78, 5) is 26.7. The second-order valence-electron chi connectivity index (χ2n) is 8.53. The number of anilines is 1. The van der Waals surface area contributed by atoms with Gasteiger partial charge in [-0.2, -0.15) is 0 Å². The largest absolute Gasteiger partial charge is 0.379 e. The number of aromatic amines is 2. The molecule has 0 spiro atoms. The first kappa shape index (κ1) is 19.2. The molecule has 158 valence electrons. The third kappa shape index (κ3) is 3.30. The lowest BCUT2D eigenvalue weighted by Gasteiger charge is -2.45. The van der Waals surface area contributed by atoms with Crippen LogP contribution < -0.4 is 10.9 Å². The number of benzene rings is 2. The molecule has 3 fully saturated rings. The van der Waals surface area contributed by atoms with Crippen molar-refractivity contribution in [1.29, 1.82) is 0 Å². The number of imidazole rings is 1. The van der Waals surface area contributed by atoms with E-state index in [4.69, 9.17) is 28.2 Å². The van der Waals surface area contributed by atoms with Crippen LogP contribution in [0.5, 0.6) is 0 Å². The highest BCUT2D eigenvalue weighted by Gasteiger charge is 2.35. The molecule has 0 radical (unpaired) electrons. The van der Waals surface area contributed by atoms with Gasteiger partial charge in [0.15, 0.2) is 0 Å². The van der Waals surface area contributed by atoms with E-state index < -0.39 is 0 Å². The lowest BCUT2D eigenvalue weighted by molar-refractivity contribution is 0.0976. The summed E-state index contributed by atoms with van der Waals surface area (Å²) in [7, 11) is 0. The number of hydrogen-bond acceptors (Lipinski definition) is 4. The molecule has 3 saturated heterocycles. The molecule has 2 bridgehead atoms. The molecule has 0 aliphatic carbocycles. The summed E-state index contributed by atoms with van der Waals surface area (Å²) in [5.41, 5.74) is 3.40. The van der Waals surface area contributed by atoms with E-state index in [1.54, 1.807) is 12.1 Å². The van der Waals surface area contributed by atoms with Gasteiger partial charge in [-0.05, 0) is 68.2 Å². The maximum Gasteiger partial charge on any atom is 0.261 e. The van der Waals surface area contributed by atoms with Crippen LogP contribution >= 0.6 is 23.2 Å². The van der Waals surface area contributed by atoms with Crippen LogP contribution in [-0.2, 0) is 0 Å². The molecule has 2 aromatic carbocycles. The summed E-state index contributed by atoms with van der Waals surface area (Å²) >= 11 is 12.5. The summed E-state index contributed by atoms with van der Waals surface area (Å²) in [6.07, 6.45) is 2.36. The zero-order valence-electron chi connectivity index (χ0n) is 16.7. The second kappa shape index (κ2) is 7.26. The average Bonchev–Trinajstić information content (AvgIpc) is 3.17. The van der Waals surface area contributed by atoms with Gasteiger partial charge < -0.3 is 20.2 Å². The minimum atomic E-state index is -0.191. The maximum atomic E-state index is 13.3. The lowest BCUT2D eigenvalue weighted by Crippen LogP contribution is -2.53. The van der Waals surface area contributed by atoms with E-state index in [-0.39, 0.29) is 11.6 Å². The fourth-order valence-corrected chi connectivity index (χ4v) is 5.39. The Bertz CT molecular complexity index is 1370. The van der Waals surface area contributed by atoms with Crippen LogP contribution in [-0.4, -0.2) is 45.5 Å². The number of fused-ring (bicyclic) bond motifs is 5. The van der Waals surface area contributed by atoms with Crippen LogP contribution in [0.25, 0.3) is 33.3 Å². The van der Waals surface area contributed by atoms with Gasteiger partial charge in [-0.15, -0.1) is 0 Å². The standard InChI is InChI=1S/C23H21Cl2N5O/c24-13-1-3-16-15(9-13)21(26-19-11-30-7-5-12(19)6-8-30)20(23(31)29-16)22-27-17-4-2-14(25)10-18(17)28-22/h1-4,9-10,12,19H,5-8,11H2,(H,27,28)(H2,26,29,31)/t19-/m1/s1. The smallest absolute Gasteiger partial charge is 0.261 e. The number of aromatic nitrogens is 3. The van der Waals surface area contributed by atoms with Crippen molar-refractivity contribution in [3.05, 3.63) is 56.8 Å². The third-order valence-corrected chi connectivity index (χ3v) is 7.11. The number of hydrogen-bond donors (Lipinski definition) is 3. The summed E-state index contributed by atoms with van der Waals surface area (Å²) in [5.74, 6) is 1.12. The Balaban J connectivity index is 1.56. The molecule has 3 N–H and O–H groups in total. The number of nitrogens with zero attached hydrogens (tertiary/aromatic N) is 2. The van der Waals surface area contributed by atoms with Crippen molar-refractivity contribution in [2.24, 2.45) is 5.92 Å². The van der Waals surface area contributed by atoms with E-state index in [0.29, 0.717) is 27.4 Å². The first-order chi connectivity index (χ1) is 15.0. The quantitative estimate of drug-likeness (QED) is 0.412. The van der Waals surface area contributed by atoms with Crippen LogP contribution in [0.4, 0.5) is 5.69 Å². The number of nitrogens with one attached hydrogen (secondary N) is 3. The molecular formula is C23H21Cl2N5O. The molecule has 4 aromatic rings. The molecule has 7 rings (SSSR count). The predicted octanol–water partition coefficient (Wildman–Crippen LogP) is 4.88. The Labute approximate surface area is 188 Å². The maximum absolute atomic E-state index is 13.3. The zero-order valence-corrected chi connectivity index (χ0v) is 18.2. The van der Waals surface area contributed by atoms with Gasteiger partial charge in [0.2, 0.25) is 0 Å². The summed E-state index contributed by atoms with van der Waals surface area (Å²) < 4.78 is 0. The van der Waals surface area contributed by atoms with Gasteiger partial charge in [0.25, 0.3) is 5.56 Å². The van der Waals surface area contributed by atoms with Gasteiger partial charge in [-0.25, -0.2) is 4.98 Å².